The van der Waals surface area contributed by atoms with Crippen LogP contribution in [-0.2, 0) is 16.0 Å². The van der Waals surface area contributed by atoms with Crippen LogP contribution in [0.3, 0.4) is 0 Å². The third-order valence-corrected chi connectivity index (χ3v) is 2.69. The molecule has 1 rings (SSSR count). The third kappa shape index (κ3) is 5.31. The Morgan fingerprint density at radius 2 is 1.91 bits per heavy atom. The molecule has 1 aromatic rings. The molecule has 0 radical (unpaired) electrons. The molecule has 0 saturated heterocycles. The van der Waals surface area contributed by atoms with E-state index in [2.05, 4.69) is 5.32 Å². The molecular weight excluding hydrogens is 296 g/mol. The van der Waals surface area contributed by atoms with Gasteiger partial charge in [-0.1, -0.05) is 6.92 Å². The van der Waals surface area contributed by atoms with Gasteiger partial charge >= 0.3 is 12.1 Å². The van der Waals surface area contributed by atoms with Gasteiger partial charge in [0.1, 0.15) is 5.60 Å². The van der Waals surface area contributed by atoms with Gasteiger partial charge in [0, 0.05) is 0 Å². The third-order valence-electron chi connectivity index (χ3n) is 2.69. The average molecular weight is 315 g/mol. The number of amides is 1. The second kappa shape index (κ2) is 6.72. The lowest BCUT2D eigenvalue weighted by molar-refractivity contribution is -0.141. The number of carbonyl (C=O) groups excluding carboxylic acids is 1. The second-order valence-corrected chi connectivity index (χ2v) is 6.01. The van der Waals surface area contributed by atoms with Crippen LogP contribution in [-0.4, -0.2) is 22.8 Å². The number of hydrogen-bond acceptors (Lipinski definition) is 3. The minimum Gasteiger partial charge on any atom is -0.481 e. The molecule has 0 saturated carbocycles. The first-order chi connectivity index (χ1) is 9.99. The first-order valence-corrected chi connectivity index (χ1v) is 6.70. The molecule has 0 fully saturated rings. The molecule has 5 nitrogen and oxygen atoms in total. The number of benzene rings is 1. The SMILES string of the molecule is CC(Cc1cc(F)c(F)c(NC(=O)OC(C)(C)C)c1)C(=O)O. The Balaban J connectivity index is 2.97. The summed E-state index contributed by atoms with van der Waals surface area (Å²) in [5.74, 6) is -4.20. The van der Waals surface area contributed by atoms with Crippen molar-refractivity contribution in [1.82, 2.24) is 0 Å². The van der Waals surface area contributed by atoms with Gasteiger partial charge in [0.15, 0.2) is 11.6 Å². The minimum atomic E-state index is -1.22. The number of halogens is 2. The van der Waals surface area contributed by atoms with Gasteiger partial charge in [-0.05, 0) is 44.9 Å². The van der Waals surface area contributed by atoms with E-state index in [0.717, 1.165) is 6.07 Å². The normalized spacial score (nSPS) is 12.6. The maximum Gasteiger partial charge on any atom is 0.412 e. The van der Waals surface area contributed by atoms with E-state index in [-0.39, 0.29) is 17.7 Å². The number of anilines is 1. The average Bonchev–Trinajstić information content (AvgIpc) is 2.32. The molecule has 1 unspecified atom stereocenters. The zero-order chi connectivity index (χ0) is 17.1. The summed E-state index contributed by atoms with van der Waals surface area (Å²) in [7, 11) is 0. The van der Waals surface area contributed by atoms with E-state index < -0.39 is 35.2 Å². The van der Waals surface area contributed by atoms with Crippen molar-refractivity contribution < 1.29 is 28.2 Å². The van der Waals surface area contributed by atoms with Crippen LogP contribution in [0.15, 0.2) is 12.1 Å². The fraction of sp³-hybridized carbons (Fsp3) is 0.467. The molecule has 1 amide bonds. The summed E-state index contributed by atoms with van der Waals surface area (Å²) in [5, 5.41) is 11.0. The summed E-state index contributed by atoms with van der Waals surface area (Å²) in [5.41, 5.74) is -0.907. The van der Waals surface area contributed by atoms with E-state index in [9.17, 15) is 18.4 Å². The first kappa shape index (κ1) is 17.9. The molecule has 0 bridgehead atoms. The van der Waals surface area contributed by atoms with E-state index in [1.807, 2.05) is 0 Å². The van der Waals surface area contributed by atoms with Crippen molar-refractivity contribution in [1.29, 1.82) is 0 Å². The van der Waals surface area contributed by atoms with Gasteiger partial charge in [0.05, 0.1) is 11.6 Å². The quantitative estimate of drug-likeness (QED) is 0.890. The lowest BCUT2D eigenvalue weighted by atomic mass is 10.0. The van der Waals surface area contributed by atoms with Crippen LogP contribution in [0, 0.1) is 17.6 Å². The number of carbonyl (C=O) groups is 2. The molecule has 0 aliphatic rings. The standard InChI is InChI=1S/C15H19F2NO4/c1-8(13(19)20)5-9-6-10(16)12(17)11(7-9)18-14(21)22-15(2,3)4/h6-8H,5H2,1-4H3,(H,18,21)(H,19,20). The number of carboxylic acid groups (broad SMARTS) is 1. The van der Waals surface area contributed by atoms with Crippen LogP contribution >= 0.6 is 0 Å². The molecule has 0 aromatic heterocycles. The van der Waals surface area contributed by atoms with Crippen molar-refractivity contribution in [2.24, 2.45) is 5.92 Å². The zero-order valence-corrected chi connectivity index (χ0v) is 12.9. The number of ether oxygens (including phenoxy) is 1. The molecule has 0 spiro atoms. The molecule has 1 aromatic carbocycles. The van der Waals surface area contributed by atoms with Gasteiger partial charge in [-0.25, -0.2) is 13.6 Å². The largest absolute Gasteiger partial charge is 0.481 e. The molecule has 1 atom stereocenters. The van der Waals surface area contributed by atoms with Crippen molar-refractivity contribution in [3.05, 3.63) is 29.3 Å². The highest BCUT2D eigenvalue weighted by Gasteiger charge is 2.20. The predicted octanol–water partition coefficient (Wildman–Crippen LogP) is 3.58. The van der Waals surface area contributed by atoms with E-state index in [4.69, 9.17) is 9.84 Å². The topological polar surface area (TPSA) is 75.6 Å². The van der Waals surface area contributed by atoms with E-state index >= 15 is 0 Å². The molecule has 0 aliphatic carbocycles. The van der Waals surface area contributed by atoms with Gasteiger partial charge in [0.25, 0.3) is 0 Å². The number of nitrogens with one attached hydrogen (secondary N) is 1. The zero-order valence-electron chi connectivity index (χ0n) is 12.9. The Kier molecular flexibility index (Phi) is 5.46. The summed E-state index contributed by atoms with van der Waals surface area (Å²) in [4.78, 5) is 22.4. The fourth-order valence-corrected chi connectivity index (χ4v) is 1.71. The van der Waals surface area contributed by atoms with Crippen molar-refractivity contribution >= 4 is 17.7 Å². The molecule has 2 N–H and O–H groups in total. The molecule has 22 heavy (non-hydrogen) atoms. The summed E-state index contributed by atoms with van der Waals surface area (Å²) in [6.07, 6.45) is -0.913. The summed E-state index contributed by atoms with van der Waals surface area (Å²) >= 11 is 0. The lowest BCUT2D eigenvalue weighted by Gasteiger charge is -2.20. The molecule has 0 aliphatic heterocycles. The minimum absolute atomic E-state index is 0.00946. The number of hydrogen-bond donors (Lipinski definition) is 2. The molecule has 0 heterocycles. The summed E-state index contributed by atoms with van der Waals surface area (Å²) < 4.78 is 32.2. The maximum atomic E-state index is 13.7. The van der Waals surface area contributed by atoms with Gasteiger partial charge in [-0.2, -0.15) is 0 Å². The highest BCUT2D eigenvalue weighted by Crippen LogP contribution is 2.23. The van der Waals surface area contributed by atoms with Gasteiger partial charge < -0.3 is 9.84 Å². The first-order valence-electron chi connectivity index (χ1n) is 6.70. The monoisotopic (exact) mass is 315 g/mol. The Morgan fingerprint density at radius 3 is 2.41 bits per heavy atom. The van der Waals surface area contributed by atoms with Crippen LogP contribution in [0.5, 0.6) is 0 Å². The van der Waals surface area contributed by atoms with Gasteiger partial charge in [-0.3, -0.25) is 10.1 Å². The highest BCUT2D eigenvalue weighted by molar-refractivity contribution is 5.85. The Hall–Kier alpha value is -2.18. The van der Waals surface area contributed by atoms with Crippen molar-refractivity contribution in [3.63, 3.8) is 0 Å². The van der Waals surface area contributed by atoms with Crippen LogP contribution in [0.1, 0.15) is 33.3 Å². The lowest BCUT2D eigenvalue weighted by Crippen LogP contribution is -2.27. The maximum absolute atomic E-state index is 13.7. The Labute approximate surface area is 127 Å². The Morgan fingerprint density at radius 1 is 1.32 bits per heavy atom. The van der Waals surface area contributed by atoms with Crippen LogP contribution in [0.2, 0.25) is 0 Å². The van der Waals surface area contributed by atoms with Gasteiger partial charge in [-0.15, -0.1) is 0 Å². The number of rotatable bonds is 4. The number of aliphatic carboxylic acids is 1. The van der Waals surface area contributed by atoms with Crippen molar-refractivity contribution in [2.45, 2.75) is 39.7 Å². The molecule has 7 heteroatoms. The summed E-state index contributed by atoms with van der Waals surface area (Å²) in [6.45, 7) is 6.35. The van der Waals surface area contributed by atoms with Crippen LogP contribution < -0.4 is 5.32 Å². The molecule has 122 valence electrons. The van der Waals surface area contributed by atoms with Crippen LogP contribution in [0.4, 0.5) is 19.3 Å². The number of carboxylic acids is 1. The van der Waals surface area contributed by atoms with Crippen molar-refractivity contribution in [2.75, 3.05) is 5.32 Å². The highest BCUT2D eigenvalue weighted by atomic mass is 19.2. The van der Waals surface area contributed by atoms with E-state index in [0.29, 0.717) is 0 Å². The molecular formula is C15H19F2NO4. The Bertz CT molecular complexity index is 582. The van der Waals surface area contributed by atoms with Crippen molar-refractivity contribution in [3.8, 4) is 0 Å². The summed E-state index contributed by atoms with van der Waals surface area (Å²) in [6, 6.07) is 2.11. The second-order valence-electron chi connectivity index (χ2n) is 6.01. The van der Waals surface area contributed by atoms with E-state index in [1.54, 1.807) is 20.8 Å². The van der Waals surface area contributed by atoms with E-state index in [1.165, 1.54) is 13.0 Å². The fourth-order valence-electron chi connectivity index (χ4n) is 1.71. The van der Waals surface area contributed by atoms with Crippen LogP contribution in [0.25, 0.3) is 0 Å². The smallest absolute Gasteiger partial charge is 0.412 e. The predicted molar refractivity (Wildman–Crippen MR) is 76.7 cm³/mol. The van der Waals surface area contributed by atoms with Gasteiger partial charge in [0.2, 0.25) is 0 Å².